The molecule has 2 amide bonds. The van der Waals surface area contributed by atoms with Crippen LogP contribution in [0.2, 0.25) is 0 Å². The molecule has 0 radical (unpaired) electrons. The van der Waals surface area contributed by atoms with Crippen LogP contribution in [0, 0.1) is 17.1 Å². The average Bonchev–Trinajstić information content (AvgIpc) is 2.60. The van der Waals surface area contributed by atoms with Crippen molar-refractivity contribution in [1.82, 2.24) is 5.32 Å². The molecule has 0 saturated heterocycles. The number of rotatable bonds is 6. The summed E-state index contributed by atoms with van der Waals surface area (Å²) in [5.74, 6) is -1.13. The molecule has 0 fully saturated rings. The molecule has 0 unspecified atom stereocenters. The Morgan fingerprint density at radius 2 is 1.96 bits per heavy atom. The molecule has 6 heteroatoms. The molecule has 0 bridgehead atoms. The van der Waals surface area contributed by atoms with Gasteiger partial charge in [0.2, 0.25) is 11.8 Å². The highest BCUT2D eigenvalue weighted by molar-refractivity contribution is 6.02. The van der Waals surface area contributed by atoms with Gasteiger partial charge in [-0.15, -0.1) is 0 Å². The molecule has 2 rings (SSSR count). The molecule has 2 aromatic rings. The van der Waals surface area contributed by atoms with Crippen molar-refractivity contribution in [3.05, 3.63) is 71.6 Å². The molecule has 0 heterocycles. The third kappa shape index (κ3) is 5.92. The van der Waals surface area contributed by atoms with Gasteiger partial charge in [0, 0.05) is 18.3 Å². The number of benzene rings is 2. The van der Waals surface area contributed by atoms with Crippen LogP contribution in [0.15, 0.2) is 54.6 Å². The molecule has 126 valence electrons. The van der Waals surface area contributed by atoms with Gasteiger partial charge in [0.1, 0.15) is 12.2 Å². The first-order chi connectivity index (χ1) is 12.1. The first kappa shape index (κ1) is 17.9. The van der Waals surface area contributed by atoms with E-state index in [4.69, 9.17) is 5.26 Å². The Morgan fingerprint density at radius 1 is 1.16 bits per heavy atom. The zero-order valence-electron chi connectivity index (χ0n) is 13.3. The number of hydrogen-bond acceptors (Lipinski definition) is 3. The zero-order valence-corrected chi connectivity index (χ0v) is 13.3. The minimum Gasteiger partial charge on any atom is -0.351 e. The smallest absolute Gasteiger partial charge is 0.248 e. The van der Waals surface area contributed by atoms with Gasteiger partial charge in [-0.05, 0) is 35.4 Å². The molecule has 2 N–H and O–H groups in total. The Morgan fingerprint density at radius 3 is 2.72 bits per heavy atom. The summed E-state index contributed by atoms with van der Waals surface area (Å²) in [6.07, 6.45) is 2.60. The van der Waals surface area contributed by atoms with Crippen LogP contribution in [-0.4, -0.2) is 11.8 Å². The average molecular weight is 337 g/mol. The predicted molar refractivity (Wildman–Crippen MR) is 92.6 cm³/mol. The number of halogens is 1. The second-order valence-corrected chi connectivity index (χ2v) is 5.15. The molecule has 0 aliphatic carbocycles. The van der Waals surface area contributed by atoms with Crippen molar-refractivity contribution in [2.75, 3.05) is 5.32 Å². The zero-order chi connectivity index (χ0) is 18.1. The number of amides is 2. The van der Waals surface area contributed by atoms with Crippen molar-refractivity contribution in [2.45, 2.75) is 13.0 Å². The molecule has 5 nitrogen and oxygen atoms in total. The molecular weight excluding hydrogens is 321 g/mol. The molecule has 2 aromatic carbocycles. The summed E-state index contributed by atoms with van der Waals surface area (Å²) in [5, 5.41) is 13.8. The number of nitriles is 1. The van der Waals surface area contributed by atoms with E-state index in [1.54, 1.807) is 42.5 Å². The van der Waals surface area contributed by atoms with E-state index in [1.165, 1.54) is 24.3 Å². The van der Waals surface area contributed by atoms with Gasteiger partial charge in [-0.2, -0.15) is 5.26 Å². The minimum atomic E-state index is -0.380. The molecule has 0 aliphatic heterocycles. The fourth-order valence-electron chi connectivity index (χ4n) is 2.08. The van der Waals surface area contributed by atoms with Crippen molar-refractivity contribution in [1.29, 1.82) is 5.26 Å². The Kier molecular flexibility index (Phi) is 6.43. The number of nitrogens with one attached hydrogen (secondary N) is 2. The lowest BCUT2D eigenvalue weighted by Crippen LogP contribution is -2.22. The van der Waals surface area contributed by atoms with Gasteiger partial charge in [-0.3, -0.25) is 9.59 Å². The summed E-state index contributed by atoms with van der Waals surface area (Å²) < 4.78 is 13.1. The van der Waals surface area contributed by atoms with E-state index in [0.717, 1.165) is 0 Å². The normalized spacial score (nSPS) is 10.2. The summed E-state index contributed by atoms with van der Waals surface area (Å²) in [5.41, 5.74) is 1.84. The number of hydrogen-bond donors (Lipinski definition) is 2. The maximum atomic E-state index is 13.1. The van der Waals surface area contributed by atoms with Crippen LogP contribution in [0.4, 0.5) is 10.1 Å². The summed E-state index contributed by atoms with van der Waals surface area (Å²) in [6, 6.07) is 14.7. The van der Waals surface area contributed by atoms with Gasteiger partial charge in [-0.25, -0.2) is 4.39 Å². The first-order valence-electron chi connectivity index (χ1n) is 7.54. The fourth-order valence-corrected chi connectivity index (χ4v) is 2.08. The van der Waals surface area contributed by atoms with E-state index in [1.807, 2.05) is 0 Å². The Labute approximate surface area is 144 Å². The highest BCUT2D eigenvalue weighted by Crippen LogP contribution is 2.15. The minimum absolute atomic E-state index is 0.199. The van der Waals surface area contributed by atoms with Gasteiger partial charge in [0.15, 0.2) is 0 Å². The van der Waals surface area contributed by atoms with Gasteiger partial charge in [0.05, 0.1) is 6.07 Å². The van der Waals surface area contributed by atoms with Crippen molar-refractivity contribution >= 4 is 23.6 Å². The summed E-state index contributed by atoms with van der Waals surface area (Å²) >= 11 is 0. The predicted octanol–water partition coefficient (Wildman–Crippen LogP) is 3.01. The molecular formula is C19H16FN3O2. The van der Waals surface area contributed by atoms with Crippen LogP contribution >= 0.6 is 0 Å². The summed E-state index contributed by atoms with van der Waals surface area (Å²) in [4.78, 5) is 23.4. The van der Waals surface area contributed by atoms with Gasteiger partial charge in [0.25, 0.3) is 0 Å². The quantitative estimate of drug-likeness (QED) is 0.795. The highest BCUT2D eigenvalue weighted by Gasteiger charge is 2.06. The fraction of sp³-hybridized carbons (Fsp3) is 0.105. The lowest BCUT2D eigenvalue weighted by Gasteiger charge is -2.10. The summed E-state index contributed by atoms with van der Waals surface area (Å²) in [6.45, 7) is 0.199. The number of nitrogens with zero attached hydrogens (tertiary/aromatic N) is 1. The van der Waals surface area contributed by atoms with Crippen molar-refractivity contribution in [3.8, 4) is 6.07 Å². The van der Waals surface area contributed by atoms with E-state index < -0.39 is 0 Å². The molecule has 0 aliphatic rings. The van der Waals surface area contributed by atoms with Crippen molar-refractivity contribution in [2.24, 2.45) is 0 Å². The Hall–Kier alpha value is -3.46. The van der Waals surface area contributed by atoms with E-state index in [2.05, 4.69) is 10.6 Å². The van der Waals surface area contributed by atoms with Crippen LogP contribution in [0.3, 0.4) is 0 Å². The number of carbonyl (C=O) groups is 2. The van der Waals surface area contributed by atoms with Gasteiger partial charge in [-0.1, -0.05) is 30.3 Å². The van der Waals surface area contributed by atoms with Gasteiger partial charge < -0.3 is 10.6 Å². The van der Waals surface area contributed by atoms with Crippen LogP contribution in [0.5, 0.6) is 0 Å². The Balaban J connectivity index is 2.01. The van der Waals surface area contributed by atoms with E-state index in [-0.39, 0.29) is 30.6 Å². The third-order valence-corrected chi connectivity index (χ3v) is 3.27. The van der Waals surface area contributed by atoms with Crippen molar-refractivity contribution < 1.29 is 14.0 Å². The molecule has 0 aromatic heterocycles. The first-order valence-corrected chi connectivity index (χ1v) is 7.54. The summed E-state index contributed by atoms with van der Waals surface area (Å²) in [7, 11) is 0. The largest absolute Gasteiger partial charge is 0.351 e. The van der Waals surface area contributed by atoms with Gasteiger partial charge >= 0.3 is 0 Å². The maximum absolute atomic E-state index is 13.1. The third-order valence-electron chi connectivity index (χ3n) is 3.27. The molecule has 0 atom stereocenters. The molecule has 0 spiro atoms. The van der Waals surface area contributed by atoms with E-state index in [0.29, 0.717) is 16.8 Å². The lowest BCUT2D eigenvalue weighted by molar-refractivity contribution is -0.120. The second-order valence-electron chi connectivity index (χ2n) is 5.15. The Bertz CT molecular complexity index is 841. The lowest BCUT2D eigenvalue weighted by atomic mass is 10.1. The topological polar surface area (TPSA) is 82.0 Å². The van der Waals surface area contributed by atoms with Crippen LogP contribution in [0.1, 0.15) is 17.5 Å². The van der Waals surface area contributed by atoms with Crippen molar-refractivity contribution in [3.63, 3.8) is 0 Å². The molecule has 25 heavy (non-hydrogen) atoms. The second kappa shape index (κ2) is 8.99. The van der Waals surface area contributed by atoms with E-state index >= 15 is 0 Å². The van der Waals surface area contributed by atoms with Crippen LogP contribution < -0.4 is 10.6 Å². The molecule has 0 saturated carbocycles. The number of carbonyl (C=O) groups excluding carboxylic acids is 2. The number of anilines is 1. The monoisotopic (exact) mass is 337 g/mol. The highest BCUT2D eigenvalue weighted by atomic mass is 19.1. The van der Waals surface area contributed by atoms with E-state index in [9.17, 15) is 14.0 Å². The SMILES string of the molecule is N#CCC(=O)NCc1ccccc1NC(=O)/C=C/c1cccc(F)c1. The van der Waals surface area contributed by atoms with Crippen LogP contribution in [0.25, 0.3) is 6.08 Å². The standard InChI is InChI=1S/C19H16FN3O2/c20-16-6-3-4-14(12-16)8-9-19(25)23-17-7-2-1-5-15(17)13-22-18(24)10-11-21/h1-9,12H,10,13H2,(H,22,24)(H,23,25)/b9-8+. The number of para-hydroxylation sites is 1. The maximum Gasteiger partial charge on any atom is 0.248 e. The van der Waals surface area contributed by atoms with Crippen LogP contribution in [-0.2, 0) is 16.1 Å².